The molecule has 172 valence electrons. The number of anilines is 1. The van der Waals surface area contributed by atoms with Gasteiger partial charge in [-0.1, -0.05) is 42.1 Å². The Kier molecular flexibility index (Phi) is 5.83. The molecule has 0 saturated heterocycles. The minimum atomic E-state index is -0.996. The van der Waals surface area contributed by atoms with Gasteiger partial charge in [0.25, 0.3) is 0 Å². The van der Waals surface area contributed by atoms with E-state index in [1.165, 1.54) is 41.6 Å². The molecule has 3 aromatic carbocycles. The van der Waals surface area contributed by atoms with Crippen LogP contribution in [0.25, 0.3) is 16.5 Å². The number of benzene rings is 3. The lowest BCUT2D eigenvalue weighted by Crippen LogP contribution is -2.15. The summed E-state index contributed by atoms with van der Waals surface area (Å²) in [5.41, 5.74) is 3.87. The number of aromatic nitrogens is 3. The molecule has 4 aromatic rings. The molecule has 2 N–H and O–H groups in total. The Labute approximate surface area is 201 Å². The molecule has 0 aliphatic heterocycles. The second-order valence-corrected chi connectivity index (χ2v) is 9.47. The number of carbonyl (C=O) groups is 2. The normalized spacial score (nSPS) is 13.2. The number of rotatable bonds is 7. The standard InChI is InChI=1S/C26H24N4O3S/c1-15-13-18(25(32)33)9-11-22(15)27-24(31)14-34-26-29-28-16(2)30(26)23-12-10-19(17-7-8-17)20-5-3-4-6-21(20)23/h3-6,9-13,17H,7-8,14H2,1-2H3,(H,27,31)(H,32,33). The molecule has 0 atom stereocenters. The fourth-order valence-electron chi connectivity index (χ4n) is 4.22. The largest absolute Gasteiger partial charge is 0.478 e. The monoisotopic (exact) mass is 472 g/mol. The zero-order valence-electron chi connectivity index (χ0n) is 18.9. The van der Waals surface area contributed by atoms with Crippen molar-refractivity contribution in [2.45, 2.75) is 37.8 Å². The van der Waals surface area contributed by atoms with Gasteiger partial charge in [-0.3, -0.25) is 9.36 Å². The van der Waals surface area contributed by atoms with Crippen LogP contribution in [0.3, 0.4) is 0 Å². The lowest BCUT2D eigenvalue weighted by molar-refractivity contribution is -0.113. The third-order valence-corrected chi connectivity index (χ3v) is 7.00. The number of hydrogen-bond acceptors (Lipinski definition) is 5. The predicted octanol–water partition coefficient (Wildman–Crippen LogP) is 5.34. The number of carbonyl (C=O) groups excluding carboxylic acids is 1. The van der Waals surface area contributed by atoms with Gasteiger partial charge in [-0.2, -0.15) is 0 Å². The summed E-state index contributed by atoms with van der Waals surface area (Å²) in [5.74, 6) is 0.358. The molecule has 34 heavy (non-hydrogen) atoms. The molecule has 7 nitrogen and oxygen atoms in total. The number of carboxylic acid groups (broad SMARTS) is 1. The van der Waals surface area contributed by atoms with Gasteiger partial charge in [0.2, 0.25) is 5.91 Å². The summed E-state index contributed by atoms with van der Waals surface area (Å²) in [6, 6.07) is 17.4. The molecule has 1 aliphatic carbocycles. The molecular weight excluding hydrogens is 448 g/mol. The van der Waals surface area contributed by atoms with Crippen molar-refractivity contribution in [3.05, 3.63) is 77.1 Å². The summed E-state index contributed by atoms with van der Waals surface area (Å²) in [7, 11) is 0. The minimum absolute atomic E-state index is 0.149. The molecule has 1 heterocycles. The van der Waals surface area contributed by atoms with Crippen LogP contribution >= 0.6 is 11.8 Å². The van der Waals surface area contributed by atoms with Crippen LogP contribution in [0.1, 0.15) is 46.1 Å². The number of fused-ring (bicyclic) bond motifs is 1. The average Bonchev–Trinajstić information content (AvgIpc) is 3.61. The first-order valence-electron chi connectivity index (χ1n) is 11.1. The van der Waals surface area contributed by atoms with Crippen LogP contribution in [-0.4, -0.2) is 37.5 Å². The Bertz CT molecular complexity index is 1430. The highest BCUT2D eigenvalue weighted by molar-refractivity contribution is 7.99. The van der Waals surface area contributed by atoms with E-state index in [2.05, 4.69) is 45.8 Å². The molecule has 0 radical (unpaired) electrons. The Morgan fingerprint density at radius 2 is 1.82 bits per heavy atom. The third kappa shape index (κ3) is 4.28. The van der Waals surface area contributed by atoms with Crippen LogP contribution in [0.15, 0.2) is 59.8 Å². The molecule has 1 amide bonds. The Hall–Kier alpha value is -3.65. The number of nitrogens with zero attached hydrogens (tertiary/aromatic N) is 3. The van der Waals surface area contributed by atoms with Gasteiger partial charge in [0, 0.05) is 11.1 Å². The van der Waals surface area contributed by atoms with E-state index in [0.717, 1.165) is 16.9 Å². The zero-order valence-corrected chi connectivity index (χ0v) is 19.7. The molecule has 0 spiro atoms. The van der Waals surface area contributed by atoms with Crippen molar-refractivity contribution in [1.82, 2.24) is 14.8 Å². The molecule has 1 fully saturated rings. The number of aromatic carboxylic acids is 1. The van der Waals surface area contributed by atoms with E-state index in [1.807, 2.05) is 17.6 Å². The van der Waals surface area contributed by atoms with Gasteiger partial charge in [-0.05, 0) is 73.4 Å². The minimum Gasteiger partial charge on any atom is -0.478 e. The van der Waals surface area contributed by atoms with Gasteiger partial charge in [-0.15, -0.1) is 10.2 Å². The topological polar surface area (TPSA) is 97.1 Å². The number of thioether (sulfide) groups is 1. The fraction of sp³-hybridized carbons (Fsp3) is 0.231. The first-order chi connectivity index (χ1) is 16.4. The maximum Gasteiger partial charge on any atom is 0.335 e. The van der Waals surface area contributed by atoms with E-state index >= 15 is 0 Å². The maximum absolute atomic E-state index is 12.6. The predicted molar refractivity (Wildman–Crippen MR) is 133 cm³/mol. The number of hydrogen-bond donors (Lipinski definition) is 2. The smallest absolute Gasteiger partial charge is 0.335 e. The summed E-state index contributed by atoms with van der Waals surface area (Å²) in [6.45, 7) is 3.68. The van der Waals surface area contributed by atoms with Crippen molar-refractivity contribution in [3.8, 4) is 5.69 Å². The first-order valence-corrected chi connectivity index (χ1v) is 12.1. The summed E-state index contributed by atoms with van der Waals surface area (Å²) in [6.07, 6.45) is 2.48. The third-order valence-electron chi connectivity index (χ3n) is 6.07. The number of amides is 1. The SMILES string of the molecule is Cc1cc(C(=O)O)ccc1NC(=O)CSc1nnc(C)n1-c1ccc(C2CC2)c2ccccc12. The Morgan fingerprint density at radius 1 is 1.06 bits per heavy atom. The van der Waals surface area contributed by atoms with Crippen LogP contribution in [0.4, 0.5) is 5.69 Å². The maximum atomic E-state index is 12.6. The van der Waals surface area contributed by atoms with Gasteiger partial charge >= 0.3 is 5.97 Å². The van der Waals surface area contributed by atoms with Crippen molar-refractivity contribution >= 4 is 40.1 Å². The molecule has 1 aromatic heterocycles. The molecule has 1 aliphatic rings. The van der Waals surface area contributed by atoms with E-state index < -0.39 is 5.97 Å². The molecular formula is C26H24N4O3S. The second-order valence-electron chi connectivity index (χ2n) is 8.53. The summed E-state index contributed by atoms with van der Waals surface area (Å²) < 4.78 is 2.00. The van der Waals surface area contributed by atoms with Crippen LogP contribution in [0.5, 0.6) is 0 Å². The van der Waals surface area contributed by atoms with Crippen molar-refractivity contribution in [2.24, 2.45) is 0 Å². The number of nitrogens with one attached hydrogen (secondary N) is 1. The molecule has 8 heteroatoms. The lowest BCUT2D eigenvalue weighted by atomic mass is 9.99. The van der Waals surface area contributed by atoms with Crippen LogP contribution in [0.2, 0.25) is 0 Å². The van der Waals surface area contributed by atoms with Crippen LogP contribution < -0.4 is 5.32 Å². The van der Waals surface area contributed by atoms with E-state index in [4.69, 9.17) is 5.11 Å². The summed E-state index contributed by atoms with van der Waals surface area (Å²) in [5, 5.41) is 23.6. The van der Waals surface area contributed by atoms with Gasteiger partial charge in [0.15, 0.2) is 5.16 Å². The number of aryl methyl sites for hydroxylation is 2. The lowest BCUT2D eigenvalue weighted by Gasteiger charge is -2.14. The molecule has 0 bridgehead atoms. The first kappa shape index (κ1) is 22.2. The Balaban J connectivity index is 1.37. The van der Waals surface area contributed by atoms with E-state index in [1.54, 1.807) is 19.1 Å². The van der Waals surface area contributed by atoms with Crippen molar-refractivity contribution < 1.29 is 14.7 Å². The quantitative estimate of drug-likeness (QED) is 0.352. The van der Waals surface area contributed by atoms with Gasteiger partial charge in [0.1, 0.15) is 5.82 Å². The number of carboxylic acids is 1. The Morgan fingerprint density at radius 3 is 2.53 bits per heavy atom. The molecule has 1 saturated carbocycles. The molecule has 0 unspecified atom stereocenters. The van der Waals surface area contributed by atoms with Gasteiger partial charge in [0.05, 0.1) is 17.0 Å². The van der Waals surface area contributed by atoms with E-state index in [0.29, 0.717) is 22.3 Å². The van der Waals surface area contributed by atoms with Crippen LogP contribution in [-0.2, 0) is 4.79 Å². The zero-order chi connectivity index (χ0) is 23.8. The van der Waals surface area contributed by atoms with Crippen molar-refractivity contribution in [2.75, 3.05) is 11.1 Å². The van der Waals surface area contributed by atoms with Crippen molar-refractivity contribution in [3.63, 3.8) is 0 Å². The fourth-order valence-corrected chi connectivity index (χ4v) is 5.01. The second kappa shape index (κ2) is 8.95. The van der Waals surface area contributed by atoms with Gasteiger partial charge in [-0.25, -0.2) is 4.79 Å². The highest BCUT2D eigenvalue weighted by Gasteiger charge is 2.26. The highest BCUT2D eigenvalue weighted by Crippen LogP contribution is 2.44. The average molecular weight is 473 g/mol. The van der Waals surface area contributed by atoms with Crippen molar-refractivity contribution in [1.29, 1.82) is 0 Å². The molecule has 5 rings (SSSR count). The van der Waals surface area contributed by atoms with Crippen LogP contribution in [0, 0.1) is 13.8 Å². The van der Waals surface area contributed by atoms with E-state index in [-0.39, 0.29) is 17.2 Å². The van der Waals surface area contributed by atoms with E-state index in [9.17, 15) is 9.59 Å². The highest BCUT2D eigenvalue weighted by atomic mass is 32.2. The summed E-state index contributed by atoms with van der Waals surface area (Å²) in [4.78, 5) is 23.8. The summed E-state index contributed by atoms with van der Waals surface area (Å²) >= 11 is 1.32. The van der Waals surface area contributed by atoms with Gasteiger partial charge < -0.3 is 10.4 Å².